The summed E-state index contributed by atoms with van der Waals surface area (Å²) in [6.45, 7) is 34.6. The molecule has 1 saturated heterocycles. The predicted octanol–water partition coefficient (Wildman–Crippen LogP) is 6.04. The number of hydrogen-bond acceptors (Lipinski definition) is 15. The van der Waals surface area contributed by atoms with E-state index < -0.39 is 39.7 Å². The van der Waals surface area contributed by atoms with E-state index in [0.29, 0.717) is 138 Å². The van der Waals surface area contributed by atoms with Crippen LogP contribution in [0.25, 0.3) is 0 Å². The molecule has 0 aromatic heterocycles. The first-order chi connectivity index (χ1) is 27.6. The van der Waals surface area contributed by atoms with Crippen LogP contribution in [0, 0.1) is 5.41 Å². The molecule has 0 amide bonds. The molecular formula is C39H78O15Si4. The van der Waals surface area contributed by atoms with E-state index in [1.54, 1.807) is 18.2 Å². The Morgan fingerprint density at radius 2 is 0.690 bits per heavy atom. The van der Waals surface area contributed by atoms with Crippen LogP contribution in [-0.4, -0.2) is 166 Å². The summed E-state index contributed by atoms with van der Waals surface area (Å²) < 4.78 is 81.5. The van der Waals surface area contributed by atoms with Crippen LogP contribution in [0.3, 0.4) is 0 Å². The van der Waals surface area contributed by atoms with Crippen LogP contribution in [0.15, 0.2) is 38.0 Å². The largest absolute Gasteiger partial charge is 0.463 e. The molecule has 340 valence electrons. The van der Waals surface area contributed by atoms with Crippen molar-refractivity contribution in [1.29, 1.82) is 0 Å². The van der Waals surface area contributed by atoms with E-state index in [0.717, 1.165) is 12.5 Å². The van der Waals surface area contributed by atoms with Crippen molar-refractivity contribution in [3.05, 3.63) is 38.0 Å². The first kappa shape index (κ1) is 55.1. The summed E-state index contributed by atoms with van der Waals surface area (Å²) in [6, 6.07) is 0.831. The predicted molar refractivity (Wildman–Crippen MR) is 233 cm³/mol. The molecule has 1 heterocycles. The topological polar surface area (TPSA) is 146 Å². The monoisotopic (exact) mass is 898 g/mol. The fourth-order valence-electron chi connectivity index (χ4n) is 6.44. The minimum Gasteiger partial charge on any atom is -0.463 e. The van der Waals surface area contributed by atoms with Gasteiger partial charge in [-0.3, -0.25) is 4.79 Å². The highest BCUT2D eigenvalue weighted by Crippen LogP contribution is 2.34. The van der Waals surface area contributed by atoms with E-state index >= 15 is 0 Å². The van der Waals surface area contributed by atoms with Gasteiger partial charge in [-0.15, -0.1) is 19.7 Å². The molecule has 15 nitrogen and oxygen atoms in total. The van der Waals surface area contributed by atoms with Crippen molar-refractivity contribution >= 4 is 40.2 Å². The lowest BCUT2D eigenvalue weighted by atomic mass is 9.78. The molecule has 0 atom stereocenters. The van der Waals surface area contributed by atoms with Gasteiger partial charge in [0.2, 0.25) is 0 Å². The number of carbonyl (C=O) groups is 1. The number of carbonyl (C=O) groups excluding carboxylic acids is 1. The standard InChI is InChI=1S/C39H78O15Si4/c1-11-15-39(16-12-2,17-13-3)38(40)50-36-35-49-34-33-48-32-31-47-30-29-46-28-27-45-26-25-44-24-23-43-22-21-42-20-19-41-18-14-37-58(10)53-56(6,7)51-55(4,5)52-57(8,9)54-58/h11-13H,1-3,14-37H2,4-10H3. The quantitative estimate of drug-likeness (QED) is 0.0307. The smallest absolute Gasteiger partial charge is 0.317 e. The van der Waals surface area contributed by atoms with Crippen LogP contribution in [0.2, 0.25) is 51.9 Å². The molecule has 0 aromatic carbocycles. The summed E-state index contributed by atoms with van der Waals surface area (Å²) in [5.74, 6) is -0.291. The van der Waals surface area contributed by atoms with Crippen LogP contribution in [-0.2, 0) is 68.6 Å². The van der Waals surface area contributed by atoms with Gasteiger partial charge in [-0.25, -0.2) is 0 Å². The number of esters is 1. The van der Waals surface area contributed by atoms with Crippen molar-refractivity contribution in [2.45, 2.75) is 77.6 Å². The second-order valence-corrected chi connectivity index (χ2v) is 29.7. The molecule has 1 rings (SSSR count). The second kappa shape index (κ2) is 31.8. The summed E-state index contributed by atoms with van der Waals surface area (Å²) in [5.41, 5.74) is -0.703. The van der Waals surface area contributed by atoms with Gasteiger partial charge in [0.25, 0.3) is 0 Å². The first-order valence-electron chi connectivity index (χ1n) is 20.6. The Balaban J connectivity index is 1.83. The third-order valence-electron chi connectivity index (χ3n) is 8.30. The van der Waals surface area contributed by atoms with E-state index in [9.17, 15) is 4.79 Å². The molecule has 0 radical (unpaired) electrons. The molecule has 0 saturated carbocycles. The van der Waals surface area contributed by atoms with E-state index in [1.165, 1.54) is 0 Å². The Hall–Kier alpha value is -0.962. The van der Waals surface area contributed by atoms with Gasteiger partial charge in [0, 0.05) is 6.61 Å². The first-order valence-corrected chi connectivity index (χ1v) is 31.6. The Labute approximate surface area is 354 Å². The highest BCUT2D eigenvalue weighted by Gasteiger charge is 2.52. The third kappa shape index (κ3) is 27.8. The lowest BCUT2D eigenvalue weighted by Gasteiger charge is -2.47. The molecule has 19 heteroatoms. The number of allylic oxidation sites excluding steroid dienone is 3. The third-order valence-corrected chi connectivity index (χ3v) is 24.8. The molecule has 1 aliphatic rings. The number of hydrogen-bond donors (Lipinski definition) is 0. The minimum absolute atomic E-state index is 0.170. The molecular weight excluding hydrogens is 821 g/mol. The maximum atomic E-state index is 12.7. The summed E-state index contributed by atoms with van der Waals surface area (Å²) in [5, 5.41) is 0. The number of rotatable bonds is 38. The van der Waals surface area contributed by atoms with Crippen LogP contribution in [0.1, 0.15) is 25.7 Å². The van der Waals surface area contributed by atoms with Crippen molar-refractivity contribution in [2.24, 2.45) is 5.41 Å². The summed E-state index contributed by atoms with van der Waals surface area (Å²) in [7, 11) is -9.44. The maximum absolute atomic E-state index is 12.7. The van der Waals surface area contributed by atoms with E-state index in [-0.39, 0.29) is 12.6 Å². The molecule has 0 unspecified atom stereocenters. The average Bonchev–Trinajstić information content (AvgIpc) is 3.12. The molecule has 58 heavy (non-hydrogen) atoms. The summed E-state index contributed by atoms with van der Waals surface area (Å²) >= 11 is 0. The van der Waals surface area contributed by atoms with Crippen molar-refractivity contribution in [2.75, 3.05) is 126 Å². The molecule has 0 aliphatic carbocycles. The van der Waals surface area contributed by atoms with E-state index in [1.807, 2.05) is 0 Å². The molecule has 0 aromatic rings. The van der Waals surface area contributed by atoms with Gasteiger partial charge >= 0.3 is 40.2 Å². The molecule has 1 aliphatic heterocycles. The number of ether oxygens (including phenoxy) is 10. The van der Waals surface area contributed by atoms with Crippen molar-refractivity contribution in [3.63, 3.8) is 0 Å². The van der Waals surface area contributed by atoms with Gasteiger partial charge in [-0.1, -0.05) is 18.2 Å². The minimum atomic E-state index is -2.46. The lowest BCUT2D eigenvalue weighted by Crippen LogP contribution is -2.65. The normalized spacial score (nSPS) is 17.3. The Morgan fingerprint density at radius 3 is 0.983 bits per heavy atom. The summed E-state index contributed by atoms with van der Waals surface area (Å²) in [6.07, 6.45) is 7.51. The van der Waals surface area contributed by atoms with Crippen molar-refractivity contribution < 1.29 is 68.6 Å². The molecule has 0 N–H and O–H groups in total. The van der Waals surface area contributed by atoms with Gasteiger partial charge in [0.15, 0.2) is 0 Å². The second-order valence-electron chi connectivity index (χ2n) is 15.3. The SMILES string of the molecule is C=CCC(CC=C)(CC=C)C(=O)OCCOCCOCCOCCOCCOCCOCCOCCOCCOCCC[Si]1(C)O[Si](C)(C)O[Si](C)(C)O[Si](C)(C)O1. The lowest BCUT2D eigenvalue weighted by molar-refractivity contribution is -0.157. The van der Waals surface area contributed by atoms with Crippen LogP contribution < -0.4 is 0 Å². The van der Waals surface area contributed by atoms with Crippen molar-refractivity contribution in [3.8, 4) is 0 Å². The van der Waals surface area contributed by atoms with Gasteiger partial charge < -0.3 is 63.8 Å². The fraction of sp³-hybridized carbons (Fsp3) is 0.821. The van der Waals surface area contributed by atoms with Crippen LogP contribution >= 0.6 is 0 Å². The molecule has 1 fully saturated rings. The Bertz CT molecular complexity index is 1050. The van der Waals surface area contributed by atoms with Crippen molar-refractivity contribution in [1.82, 2.24) is 0 Å². The fourth-order valence-corrected chi connectivity index (χ4v) is 28.0. The zero-order valence-electron chi connectivity index (χ0n) is 36.9. The van der Waals surface area contributed by atoms with E-state index in [4.69, 9.17) is 63.8 Å². The van der Waals surface area contributed by atoms with Crippen LogP contribution in [0.4, 0.5) is 0 Å². The highest BCUT2D eigenvalue weighted by atomic mass is 28.5. The summed E-state index contributed by atoms with van der Waals surface area (Å²) in [4.78, 5) is 12.7. The van der Waals surface area contributed by atoms with Gasteiger partial charge in [0.05, 0.1) is 118 Å². The maximum Gasteiger partial charge on any atom is 0.317 e. The van der Waals surface area contributed by atoms with Gasteiger partial charge in [-0.05, 0) is 77.6 Å². The highest BCUT2D eigenvalue weighted by molar-refractivity contribution is 6.93. The molecule has 0 bridgehead atoms. The molecule has 0 spiro atoms. The van der Waals surface area contributed by atoms with Gasteiger partial charge in [0.1, 0.15) is 6.61 Å². The average molecular weight is 899 g/mol. The van der Waals surface area contributed by atoms with Crippen LogP contribution in [0.5, 0.6) is 0 Å². The van der Waals surface area contributed by atoms with E-state index in [2.05, 4.69) is 65.6 Å². The van der Waals surface area contributed by atoms with Gasteiger partial charge in [-0.2, -0.15) is 0 Å². The Morgan fingerprint density at radius 1 is 0.431 bits per heavy atom. The zero-order valence-corrected chi connectivity index (χ0v) is 40.9. The zero-order chi connectivity index (χ0) is 43.1. The Kier molecular flexibility index (Phi) is 30.2.